The van der Waals surface area contributed by atoms with Gasteiger partial charge in [-0.15, -0.1) is 0 Å². The number of rotatable bonds is 10. The van der Waals surface area contributed by atoms with Crippen LogP contribution in [0.15, 0.2) is 0 Å². The van der Waals surface area contributed by atoms with E-state index in [9.17, 15) is 4.79 Å². The zero-order valence-electron chi connectivity index (χ0n) is 10.9. The maximum absolute atomic E-state index is 11.2. The number of unbranched alkanes of at least 4 members (excludes halogenated alkanes) is 3. The Morgan fingerprint density at radius 1 is 1.12 bits per heavy atom. The molecule has 0 aliphatic rings. The van der Waals surface area contributed by atoms with Crippen molar-refractivity contribution in [2.24, 2.45) is 0 Å². The van der Waals surface area contributed by atoms with Crippen molar-refractivity contribution in [1.82, 2.24) is 10.2 Å². The second kappa shape index (κ2) is 11.3. The van der Waals surface area contributed by atoms with Gasteiger partial charge in [0.1, 0.15) is 0 Å². The van der Waals surface area contributed by atoms with Crippen LogP contribution in [-0.2, 0) is 4.79 Å². The molecule has 0 spiro atoms. The van der Waals surface area contributed by atoms with Gasteiger partial charge in [0.2, 0.25) is 5.91 Å². The fourth-order valence-corrected chi connectivity index (χ4v) is 1.89. The van der Waals surface area contributed by atoms with Crippen LogP contribution in [0.2, 0.25) is 0 Å². The summed E-state index contributed by atoms with van der Waals surface area (Å²) in [4.78, 5) is 12.9. The van der Waals surface area contributed by atoms with E-state index in [4.69, 9.17) is 0 Å². The van der Waals surface area contributed by atoms with Crippen LogP contribution in [0.25, 0.3) is 0 Å². The fraction of sp³-hybridized carbons (Fsp3) is 0.917. The molecule has 0 bridgehead atoms. The van der Waals surface area contributed by atoms with E-state index in [0.717, 1.165) is 13.1 Å². The van der Waals surface area contributed by atoms with Crippen molar-refractivity contribution in [3.8, 4) is 0 Å². The van der Waals surface area contributed by atoms with Crippen LogP contribution in [0.4, 0.5) is 0 Å². The Kier molecular flexibility index (Phi) is 11.1. The van der Waals surface area contributed by atoms with Gasteiger partial charge in [0, 0.05) is 27.1 Å². The van der Waals surface area contributed by atoms with Gasteiger partial charge in [-0.25, -0.2) is 0 Å². The maximum atomic E-state index is 11.2. The number of carbonyl (C=O) groups excluding carboxylic acids is 1. The van der Waals surface area contributed by atoms with Crippen molar-refractivity contribution in [2.75, 3.05) is 39.2 Å². The monoisotopic (exact) mass is 246 g/mol. The summed E-state index contributed by atoms with van der Waals surface area (Å²) in [6.07, 6.45) is 7.96. The number of amides is 1. The minimum atomic E-state index is 0.201. The van der Waals surface area contributed by atoms with E-state index in [-0.39, 0.29) is 5.91 Å². The second-order valence-corrected chi connectivity index (χ2v) is 5.18. The molecule has 0 atom stereocenters. The van der Waals surface area contributed by atoms with E-state index in [1.165, 1.54) is 31.4 Å². The molecule has 1 N–H and O–H groups in total. The van der Waals surface area contributed by atoms with E-state index >= 15 is 0 Å². The Morgan fingerprint density at radius 2 is 1.81 bits per heavy atom. The standard InChI is InChI=1S/C12H26N2OS/c1-14(2)12(15)8-10-13-9-6-4-5-7-11-16-3/h13H,4-11H2,1-3H3. The van der Waals surface area contributed by atoms with Crippen LogP contribution in [-0.4, -0.2) is 50.0 Å². The quantitative estimate of drug-likeness (QED) is 0.598. The molecule has 0 radical (unpaired) electrons. The third-order valence-corrected chi connectivity index (χ3v) is 3.16. The molecule has 0 heterocycles. The van der Waals surface area contributed by atoms with E-state index in [2.05, 4.69) is 11.6 Å². The molecule has 0 fully saturated rings. The minimum Gasteiger partial charge on any atom is -0.349 e. The number of nitrogens with one attached hydrogen (secondary N) is 1. The fourth-order valence-electron chi connectivity index (χ4n) is 1.39. The zero-order valence-corrected chi connectivity index (χ0v) is 11.7. The molecule has 3 nitrogen and oxygen atoms in total. The third kappa shape index (κ3) is 10.3. The third-order valence-electron chi connectivity index (χ3n) is 2.47. The molecule has 1 amide bonds. The largest absolute Gasteiger partial charge is 0.349 e. The van der Waals surface area contributed by atoms with Gasteiger partial charge in [-0.05, 0) is 31.4 Å². The summed E-state index contributed by atoms with van der Waals surface area (Å²) in [5, 5.41) is 3.31. The van der Waals surface area contributed by atoms with Gasteiger partial charge in [-0.3, -0.25) is 4.79 Å². The summed E-state index contributed by atoms with van der Waals surface area (Å²) in [7, 11) is 3.60. The topological polar surface area (TPSA) is 32.3 Å². The minimum absolute atomic E-state index is 0.201. The summed E-state index contributed by atoms with van der Waals surface area (Å²) in [5.74, 6) is 1.48. The summed E-state index contributed by atoms with van der Waals surface area (Å²) in [6.45, 7) is 1.85. The number of carbonyl (C=O) groups is 1. The highest BCUT2D eigenvalue weighted by Gasteiger charge is 2.01. The van der Waals surface area contributed by atoms with Crippen molar-refractivity contribution in [3.63, 3.8) is 0 Å². The molecule has 0 aromatic rings. The highest BCUT2D eigenvalue weighted by molar-refractivity contribution is 7.98. The molecule has 16 heavy (non-hydrogen) atoms. The summed E-state index contributed by atoms with van der Waals surface area (Å²) >= 11 is 1.92. The SMILES string of the molecule is CSCCCCCCNCCC(=O)N(C)C. The number of hydrogen-bond donors (Lipinski definition) is 1. The van der Waals surface area contributed by atoms with E-state index in [1.807, 2.05) is 11.8 Å². The van der Waals surface area contributed by atoms with E-state index < -0.39 is 0 Å². The number of thioether (sulfide) groups is 1. The molecule has 0 unspecified atom stereocenters. The normalized spacial score (nSPS) is 10.4. The average Bonchev–Trinajstić information content (AvgIpc) is 2.26. The first-order valence-electron chi connectivity index (χ1n) is 6.08. The van der Waals surface area contributed by atoms with Gasteiger partial charge in [-0.2, -0.15) is 11.8 Å². The predicted octanol–water partition coefficient (Wildman–Crippen LogP) is 1.98. The van der Waals surface area contributed by atoms with Crippen LogP contribution in [0, 0.1) is 0 Å². The lowest BCUT2D eigenvalue weighted by Crippen LogP contribution is -2.27. The molecule has 0 aliphatic heterocycles. The number of nitrogens with zero attached hydrogens (tertiary/aromatic N) is 1. The van der Waals surface area contributed by atoms with Gasteiger partial charge >= 0.3 is 0 Å². The molecule has 0 rings (SSSR count). The molecule has 96 valence electrons. The molecule has 0 saturated carbocycles. The van der Waals surface area contributed by atoms with E-state index in [1.54, 1.807) is 19.0 Å². The predicted molar refractivity (Wildman–Crippen MR) is 73.0 cm³/mol. The molecule has 0 aromatic heterocycles. The lowest BCUT2D eigenvalue weighted by atomic mass is 10.2. The molecular weight excluding hydrogens is 220 g/mol. The van der Waals surface area contributed by atoms with Crippen LogP contribution in [0.5, 0.6) is 0 Å². The Hall–Kier alpha value is -0.220. The van der Waals surface area contributed by atoms with Gasteiger partial charge in [0.25, 0.3) is 0 Å². The summed E-state index contributed by atoms with van der Waals surface area (Å²) < 4.78 is 0. The highest BCUT2D eigenvalue weighted by Crippen LogP contribution is 2.03. The molecule has 0 aliphatic carbocycles. The second-order valence-electron chi connectivity index (χ2n) is 4.20. The van der Waals surface area contributed by atoms with E-state index in [0.29, 0.717) is 6.42 Å². The summed E-state index contributed by atoms with van der Waals surface area (Å²) in [6, 6.07) is 0. The lowest BCUT2D eigenvalue weighted by molar-refractivity contribution is -0.128. The van der Waals surface area contributed by atoms with Gasteiger partial charge < -0.3 is 10.2 Å². The first-order chi connectivity index (χ1) is 7.68. The summed E-state index contributed by atoms with van der Waals surface area (Å²) in [5.41, 5.74) is 0. The zero-order chi connectivity index (χ0) is 12.2. The highest BCUT2D eigenvalue weighted by atomic mass is 32.2. The van der Waals surface area contributed by atoms with Gasteiger partial charge in [-0.1, -0.05) is 12.8 Å². The van der Waals surface area contributed by atoms with Crippen LogP contribution in [0.3, 0.4) is 0 Å². The Bertz CT molecular complexity index is 174. The first-order valence-corrected chi connectivity index (χ1v) is 7.47. The Morgan fingerprint density at radius 3 is 2.44 bits per heavy atom. The van der Waals surface area contributed by atoms with Crippen LogP contribution in [0.1, 0.15) is 32.1 Å². The van der Waals surface area contributed by atoms with Crippen molar-refractivity contribution in [3.05, 3.63) is 0 Å². The Balaban J connectivity index is 3.07. The van der Waals surface area contributed by atoms with Crippen molar-refractivity contribution >= 4 is 17.7 Å². The smallest absolute Gasteiger partial charge is 0.223 e. The molecule has 0 saturated heterocycles. The lowest BCUT2D eigenvalue weighted by Gasteiger charge is -2.10. The van der Waals surface area contributed by atoms with Gasteiger partial charge in [0.15, 0.2) is 0 Å². The van der Waals surface area contributed by atoms with Crippen molar-refractivity contribution in [2.45, 2.75) is 32.1 Å². The van der Waals surface area contributed by atoms with Crippen molar-refractivity contribution < 1.29 is 4.79 Å². The number of hydrogen-bond acceptors (Lipinski definition) is 3. The van der Waals surface area contributed by atoms with Crippen LogP contribution < -0.4 is 5.32 Å². The van der Waals surface area contributed by atoms with Crippen molar-refractivity contribution in [1.29, 1.82) is 0 Å². The molecular formula is C12H26N2OS. The Labute approximate surface area is 104 Å². The maximum Gasteiger partial charge on any atom is 0.223 e. The molecule has 0 aromatic carbocycles. The van der Waals surface area contributed by atoms with Crippen LogP contribution >= 0.6 is 11.8 Å². The first kappa shape index (κ1) is 15.8. The molecule has 4 heteroatoms. The average molecular weight is 246 g/mol. The van der Waals surface area contributed by atoms with Gasteiger partial charge in [0.05, 0.1) is 0 Å².